The van der Waals surface area contributed by atoms with Crippen LogP contribution < -0.4 is 5.32 Å². The van der Waals surface area contributed by atoms with Crippen LogP contribution >= 0.6 is 24.0 Å². The van der Waals surface area contributed by atoms with Crippen molar-refractivity contribution in [2.24, 2.45) is 12.0 Å². The molecule has 1 aliphatic heterocycles. The number of nitrogens with one attached hydrogen (secondary N) is 1. The van der Waals surface area contributed by atoms with Crippen molar-refractivity contribution >= 4 is 41.0 Å². The molecule has 0 radical (unpaired) electrons. The Hall–Kier alpha value is -2.09. The number of likely N-dealkylation sites (tertiary alicyclic amines) is 1. The fourth-order valence-corrected chi connectivity index (χ4v) is 3.79. The number of guanidine groups is 1. The van der Waals surface area contributed by atoms with Crippen LogP contribution in [0.25, 0.3) is 11.0 Å². The number of hydrogen-bond acceptors (Lipinski definition) is 2. The highest BCUT2D eigenvalue weighted by Crippen LogP contribution is 2.26. The Morgan fingerprint density at radius 2 is 1.89 bits per heavy atom. The van der Waals surface area contributed by atoms with Gasteiger partial charge in [0.25, 0.3) is 0 Å². The largest absolute Gasteiger partial charge is 0.349 e. The normalized spacial score (nSPS) is 17.2. The Morgan fingerprint density at radius 1 is 1.15 bits per heavy atom. The lowest BCUT2D eigenvalue weighted by atomic mass is 9.99. The van der Waals surface area contributed by atoms with Gasteiger partial charge >= 0.3 is 0 Å². The molecule has 2 heterocycles. The molecular weight excluding hydrogens is 449 g/mol. The molecule has 1 aromatic heterocycles. The minimum Gasteiger partial charge on any atom is -0.349 e. The Balaban J connectivity index is 0.00000210. The van der Waals surface area contributed by atoms with Gasteiger partial charge < -0.3 is 14.8 Å². The Kier molecular flexibility index (Phi) is 6.36. The van der Waals surface area contributed by atoms with Crippen molar-refractivity contribution < 1.29 is 0 Å². The topological polar surface area (TPSA) is 45.5 Å². The van der Waals surface area contributed by atoms with Crippen molar-refractivity contribution in [1.29, 1.82) is 0 Å². The average molecular weight is 475 g/mol. The second-order valence-corrected chi connectivity index (χ2v) is 6.82. The summed E-state index contributed by atoms with van der Waals surface area (Å²) in [6, 6.07) is 19.0. The zero-order valence-corrected chi connectivity index (χ0v) is 18.1. The van der Waals surface area contributed by atoms with E-state index in [1.54, 1.807) is 0 Å². The number of aromatic nitrogens is 2. The van der Waals surface area contributed by atoms with Gasteiger partial charge in [0.05, 0.1) is 17.6 Å². The fraction of sp³-hybridized carbons (Fsp3) is 0.333. The summed E-state index contributed by atoms with van der Waals surface area (Å²) in [5.74, 6) is 2.55. The van der Waals surface area contributed by atoms with Gasteiger partial charge in [0, 0.05) is 33.1 Å². The summed E-state index contributed by atoms with van der Waals surface area (Å²) in [4.78, 5) is 11.6. The van der Waals surface area contributed by atoms with Crippen LogP contribution in [0.3, 0.4) is 0 Å². The van der Waals surface area contributed by atoms with Crippen LogP contribution in [0.2, 0.25) is 0 Å². The first-order chi connectivity index (χ1) is 12.8. The van der Waals surface area contributed by atoms with Crippen LogP contribution in [0, 0.1) is 0 Å². The molecule has 3 aromatic rings. The van der Waals surface area contributed by atoms with E-state index in [0.29, 0.717) is 12.5 Å². The minimum absolute atomic E-state index is 0. The van der Waals surface area contributed by atoms with Crippen molar-refractivity contribution in [3.8, 4) is 0 Å². The number of aliphatic imine (C=N–C) groups is 1. The van der Waals surface area contributed by atoms with E-state index < -0.39 is 0 Å². The molecule has 2 aromatic carbocycles. The highest BCUT2D eigenvalue weighted by atomic mass is 127. The lowest BCUT2D eigenvalue weighted by molar-refractivity contribution is 0.483. The second-order valence-electron chi connectivity index (χ2n) is 6.82. The average Bonchev–Trinajstić information content (AvgIpc) is 3.29. The number of nitrogens with zero attached hydrogens (tertiary/aromatic N) is 4. The summed E-state index contributed by atoms with van der Waals surface area (Å²) < 4.78 is 2.15. The molecule has 0 saturated carbocycles. The maximum atomic E-state index is 4.73. The summed E-state index contributed by atoms with van der Waals surface area (Å²) >= 11 is 0. The number of rotatable bonds is 3. The molecule has 0 aliphatic carbocycles. The molecule has 1 N–H and O–H groups in total. The molecule has 142 valence electrons. The zero-order valence-electron chi connectivity index (χ0n) is 15.8. The fourth-order valence-electron chi connectivity index (χ4n) is 3.79. The SMILES string of the molecule is CN=C(NCc1nc2ccccc2n1C)N1CCC(c2ccccc2)C1.I. The predicted octanol–water partition coefficient (Wildman–Crippen LogP) is 3.76. The Labute approximate surface area is 177 Å². The predicted molar refractivity (Wildman–Crippen MR) is 122 cm³/mol. The highest BCUT2D eigenvalue weighted by molar-refractivity contribution is 14.0. The lowest BCUT2D eigenvalue weighted by Crippen LogP contribution is -2.40. The molecule has 1 aliphatic rings. The van der Waals surface area contributed by atoms with Gasteiger partial charge in [-0.1, -0.05) is 42.5 Å². The number of halogens is 1. The van der Waals surface area contributed by atoms with Gasteiger partial charge in [-0.3, -0.25) is 4.99 Å². The van der Waals surface area contributed by atoms with E-state index in [-0.39, 0.29) is 24.0 Å². The van der Waals surface area contributed by atoms with Crippen molar-refractivity contribution in [3.05, 3.63) is 66.0 Å². The molecule has 0 spiro atoms. The molecular formula is C21H26IN5. The first kappa shape index (κ1) is 19.7. The van der Waals surface area contributed by atoms with Crippen LogP contribution in [-0.2, 0) is 13.6 Å². The van der Waals surface area contributed by atoms with E-state index in [1.807, 2.05) is 19.2 Å². The Morgan fingerprint density at radius 3 is 2.63 bits per heavy atom. The summed E-state index contributed by atoms with van der Waals surface area (Å²) in [6.45, 7) is 2.71. The third-order valence-corrected chi connectivity index (χ3v) is 5.25. The molecule has 0 bridgehead atoms. The zero-order chi connectivity index (χ0) is 17.9. The second kappa shape index (κ2) is 8.73. The van der Waals surface area contributed by atoms with E-state index in [9.17, 15) is 0 Å². The maximum Gasteiger partial charge on any atom is 0.194 e. The molecule has 4 rings (SSSR count). The van der Waals surface area contributed by atoms with Gasteiger partial charge in [-0.25, -0.2) is 4.98 Å². The Bertz CT molecular complexity index is 919. The van der Waals surface area contributed by atoms with Gasteiger partial charge in [0.1, 0.15) is 5.82 Å². The first-order valence-electron chi connectivity index (χ1n) is 9.17. The quantitative estimate of drug-likeness (QED) is 0.357. The lowest BCUT2D eigenvalue weighted by Gasteiger charge is -2.21. The summed E-state index contributed by atoms with van der Waals surface area (Å²) in [7, 11) is 3.92. The van der Waals surface area contributed by atoms with Gasteiger partial charge in [0.15, 0.2) is 5.96 Å². The van der Waals surface area contributed by atoms with E-state index >= 15 is 0 Å². The van der Waals surface area contributed by atoms with Crippen LogP contribution in [0.15, 0.2) is 59.6 Å². The monoisotopic (exact) mass is 475 g/mol. The molecule has 27 heavy (non-hydrogen) atoms. The highest BCUT2D eigenvalue weighted by Gasteiger charge is 2.26. The summed E-state index contributed by atoms with van der Waals surface area (Å²) in [6.07, 6.45) is 1.16. The summed E-state index contributed by atoms with van der Waals surface area (Å²) in [5, 5.41) is 3.49. The van der Waals surface area contributed by atoms with Crippen LogP contribution in [0.1, 0.15) is 23.7 Å². The minimum atomic E-state index is 0. The number of para-hydroxylation sites is 2. The summed E-state index contributed by atoms with van der Waals surface area (Å²) in [5.41, 5.74) is 3.61. The number of benzene rings is 2. The van der Waals surface area contributed by atoms with E-state index in [4.69, 9.17) is 4.98 Å². The smallest absolute Gasteiger partial charge is 0.194 e. The van der Waals surface area contributed by atoms with Gasteiger partial charge in [0.2, 0.25) is 0 Å². The van der Waals surface area contributed by atoms with Gasteiger partial charge in [-0.2, -0.15) is 0 Å². The molecule has 1 fully saturated rings. The number of hydrogen-bond donors (Lipinski definition) is 1. The van der Waals surface area contributed by atoms with E-state index in [1.165, 1.54) is 5.56 Å². The molecule has 5 nitrogen and oxygen atoms in total. The third kappa shape index (κ3) is 4.10. The van der Waals surface area contributed by atoms with Crippen molar-refractivity contribution in [3.63, 3.8) is 0 Å². The van der Waals surface area contributed by atoms with E-state index in [2.05, 4.69) is 69.3 Å². The van der Waals surface area contributed by atoms with Crippen LogP contribution in [-0.4, -0.2) is 40.5 Å². The van der Waals surface area contributed by atoms with Gasteiger partial charge in [-0.05, 0) is 24.1 Å². The van der Waals surface area contributed by atoms with E-state index in [0.717, 1.165) is 42.3 Å². The maximum absolute atomic E-state index is 4.73. The number of aryl methyl sites for hydroxylation is 1. The number of imidazole rings is 1. The molecule has 1 saturated heterocycles. The van der Waals surface area contributed by atoms with Crippen molar-refractivity contribution in [1.82, 2.24) is 19.8 Å². The third-order valence-electron chi connectivity index (χ3n) is 5.25. The van der Waals surface area contributed by atoms with Crippen LogP contribution in [0.5, 0.6) is 0 Å². The van der Waals surface area contributed by atoms with Crippen molar-refractivity contribution in [2.75, 3.05) is 20.1 Å². The van der Waals surface area contributed by atoms with Crippen molar-refractivity contribution in [2.45, 2.75) is 18.9 Å². The number of fused-ring (bicyclic) bond motifs is 1. The molecule has 0 amide bonds. The van der Waals surface area contributed by atoms with Crippen LogP contribution in [0.4, 0.5) is 0 Å². The van der Waals surface area contributed by atoms with Gasteiger partial charge in [-0.15, -0.1) is 24.0 Å². The first-order valence-corrected chi connectivity index (χ1v) is 9.17. The standard InChI is InChI=1S/C21H25N5.HI/c1-22-21(26-13-12-17(15-26)16-8-4-3-5-9-16)23-14-20-24-18-10-6-7-11-19(18)25(20)2;/h3-11,17H,12-15H2,1-2H3,(H,22,23);1H. The molecule has 6 heteroatoms. The molecule has 1 unspecified atom stereocenters. The molecule has 1 atom stereocenters.